The quantitative estimate of drug-likeness (QED) is 0.743. The number of halogens is 5. The third-order valence-corrected chi connectivity index (χ3v) is 6.69. The molecule has 0 radical (unpaired) electrons. The van der Waals surface area contributed by atoms with Gasteiger partial charge in [-0.1, -0.05) is 5.16 Å². The molecule has 1 aromatic carbocycles. The van der Waals surface area contributed by atoms with E-state index in [4.69, 9.17) is 9.66 Å². The zero-order chi connectivity index (χ0) is 21.2. The van der Waals surface area contributed by atoms with E-state index in [1.54, 1.807) is 0 Å². The molecule has 0 amide bonds. The van der Waals surface area contributed by atoms with Gasteiger partial charge in [0.25, 0.3) is 10.2 Å². The van der Waals surface area contributed by atoms with Crippen LogP contribution in [0, 0.1) is 11.2 Å². The van der Waals surface area contributed by atoms with E-state index in [1.807, 2.05) is 0 Å². The van der Waals surface area contributed by atoms with Crippen molar-refractivity contribution in [1.29, 1.82) is 0 Å². The minimum Gasteiger partial charge on any atom is -0.339 e. The highest BCUT2D eigenvalue weighted by Crippen LogP contribution is 2.66. The van der Waals surface area contributed by atoms with Crippen LogP contribution in [0.3, 0.4) is 0 Å². The van der Waals surface area contributed by atoms with Crippen LogP contribution in [0.5, 0.6) is 0 Å². The van der Waals surface area contributed by atoms with Crippen molar-refractivity contribution in [3.8, 4) is 11.4 Å². The summed E-state index contributed by atoms with van der Waals surface area (Å²) in [6.45, 7) is 0.0415. The van der Waals surface area contributed by atoms with Gasteiger partial charge in [-0.2, -0.15) is 30.9 Å². The van der Waals surface area contributed by atoms with Crippen molar-refractivity contribution in [2.45, 2.75) is 31.1 Å². The predicted molar refractivity (Wildman–Crippen MR) is 88.7 cm³/mol. The zero-order valence-corrected chi connectivity index (χ0v) is 15.5. The van der Waals surface area contributed by atoms with Gasteiger partial charge >= 0.3 is 6.18 Å². The summed E-state index contributed by atoms with van der Waals surface area (Å²) in [4.78, 5) is 3.92. The smallest absolute Gasteiger partial charge is 0.339 e. The molecule has 1 saturated carbocycles. The van der Waals surface area contributed by atoms with E-state index in [1.165, 1.54) is 0 Å². The number of rotatable bonds is 3. The molecule has 1 aliphatic heterocycles. The number of hydrogen-bond donors (Lipinski definition) is 1. The van der Waals surface area contributed by atoms with E-state index in [0.29, 0.717) is 6.07 Å². The van der Waals surface area contributed by atoms with Crippen molar-refractivity contribution < 1.29 is 34.9 Å². The molecule has 1 saturated heterocycles. The van der Waals surface area contributed by atoms with Gasteiger partial charge in [-0.3, -0.25) is 0 Å². The molecule has 13 heteroatoms. The Morgan fingerprint density at radius 3 is 2.48 bits per heavy atom. The van der Waals surface area contributed by atoms with Crippen LogP contribution in [-0.4, -0.2) is 42.1 Å². The van der Waals surface area contributed by atoms with Gasteiger partial charge in [0.2, 0.25) is 11.7 Å². The van der Waals surface area contributed by atoms with E-state index >= 15 is 0 Å². The predicted octanol–water partition coefficient (Wildman–Crippen LogP) is 2.62. The van der Waals surface area contributed by atoms with Crippen molar-refractivity contribution in [2.24, 2.45) is 10.6 Å². The largest absolute Gasteiger partial charge is 0.417 e. The van der Waals surface area contributed by atoms with Gasteiger partial charge in [-0.25, -0.2) is 13.9 Å². The van der Waals surface area contributed by atoms with Crippen LogP contribution in [0.15, 0.2) is 22.7 Å². The van der Waals surface area contributed by atoms with E-state index in [-0.39, 0.29) is 31.8 Å². The third-order valence-electron chi connectivity index (χ3n) is 5.60. The second-order valence-corrected chi connectivity index (χ2v) is 8.75. The molecule has 2 N–H and O–H groups in total. The van der Waals surface area contributed by atoms with Gasteiger partial charge in [0.15, 0.2) is 0 Å². The summed E-state index contributed by atoms with van der Waals surface area (Å²) in [6, 6.07) is 2.04. The number of benzene rings is 1. The molecule has 2 atom stereocenters. The lowest BCUT2D eigenvalue weighted by Gasteiger charge is -2.30. The van der Waals surface area contributed by atoms with Gasteiger partial charge < -0.3 is 4.52 Å². The highest BCUT2D eigenvalue weighted by atomic mass is 32.2. The van der Waals surface area contributed by atoms with Crippen LogP contribution >= 0.6 is 0 Å². The number of alkyl halides is 4. The number of aromatic nitrogens is 2. The standard InChI is InChI=1S/C16H15F5N4O3S/c17-8-1-2-9(10(7-8)16(19,20)21)13-23-14(28-24-13)11-12(18)15(11)3-5-25(6-4-15)29(22,26)27/h1-2,7,11-12H,3-6H2,(H2,22,26,27). The summed E-state index contributed by atoms with van der Waals surface area (Å²) < 4.78 is 96.3. The van der Waals surface area contributed by atoms with Crippen LogP contribution in [-0.2, 0) is 16.4 Å². The van der Waals surface area contributed by atoms with E-state index in [9.17, 15) is 30.4 Å². The molecule has 2 aliphatic rings. The topological polar surface area (TPSA) is 102 Å². The number of nitrogens with two attached hydrogens (primary N) is 1. The lowest BCUT2D eigenvalue weighted by molar-refractivity contribution is -0.137. The summed E-state index contributed by atoms with van der Waals surface area (Å²) in [5, 5.41) is 8.59. The van der Waals surface area contributed by atoms with Crippen molar-refractivity contribution in [1.82, 2.24) is 14.4 Å². The average molecular weight is 438 g/mol. The molecule has 2 heterocycles. The molecule has 7 nitrogen and oxygen atoms in total. The Morgan fingerprint density at radius 1 is 1.24 bits per heavy atom. The molecule has 2 aromatic rings. The monoisotopic (exact) mass is 438 g/mol. The van der Waals surface area contributed by atoms with Gasteiger partial charge in [0, 0.05) is 24.1 Å². The minimum atomic E-state index is -4.85. The fourth-order valence-corrected chi connectivity index (χ4v) is 4.66. The van der Waals surface area contributed by atoms with Crippen LogP contribution in [0.4, 0.5) is 22.0 Å². The van der Waals surface area contributed by atoms with Crippen LogP contribution < -0.4 is 5.14 Å². The fraction of sp³-hybridized carbons (Fsp3) is 0.500. The highest BCUT2D eigenvalue weighted by Gasteiger charge is 2.69. The summed E-state index contributed by atoms with van der Waals surface area (Å²) in [5.41, 5.74) is -2.67. The van der Waals surface area contributed by atoms with Crippen molar-refractivity contribution in [3.63, 3.8) is 0 Å². The normalized spacial score (nSPS) is 24.8. The maximum absolute atomic E-state index is 14.6. The summed E-state index contributed by atoms with van der Waals surface area (Å²) in [6.07, 6.45) is -5.91. The third kappa shape index (κ3) is 3.40. The summed E-state index contributed by atoms with van der Waals surface area (Å²) in [7, 11) is -3.88. The van der Waals surface area contributed by atoms with E-state index in [2.05, 4.69) is 10.1 Å². The molecular formula is C16H15F5N4O3S. The second-order valence-electron chi connectivity index (χ2n) is 7.20. The molecule has 1 spiro atoms. The molecule has 158 valence electrons. The van der Waals surface area contributed by atoms with Crippen molar-refractivity contribution in [3.05, 3.63) is 35.5 Å². The molecule has 0 bridgehead atoms. The van der Waals surface area contributed by atoms with Gasteiger partial charge in [0.1, 0.15) is 12.0 Å². The van der Waals surface area contributed by atoms with Crippen molar-refractivity contribution in [2.75, 3.05) is 13.1 Å². The summed E-state index contributed by atoms with van der Waals surface area (Å²) >= 11 is 0. The minimum absolute atomic E-state index is 0.0208. The number of hydrogen-bond acceptors (Lipinski definition) is 5. The van der Waals surface area contributed by atoms with Crippen LogP contribution in [0.1, 0.15) is 30.2 Å². The first kappa shape index (κ1) is 20.2. The first-order valence-electron chi connectivity index (χ1n) is 8.56. The molecule has 2 fully saturated rings. The molecule has 4 rings (SSSR count). The first-order valence-corrected chi connectivity index (χ1v) is 10.1. The van der Waals surface area contributed by atoms with Crippen LogP contribution in [0.25, 0.3) is 11.4 Å². The lowest BCUT2D eigenvalue weighted by atomic mass is 9.91. The SMILES string of the molecule is NS(=O)(=O)N1CCC2(CC1)C(F)C2c1nc(-c2ccc(F)cc2C(F)(F)F)no1. The molecule has 1 aliphatic carbocycles. The molecule has 2 unspecified atom stereocenters. The first-order chi connectivity index (χ1) is 13.4. The average Bonchev–Trinajstić information content (AvgIpc) is 2.97. The molecule has 29 heavy (non-hydrogen) atoms. The molecular weight excluding hydrogens is 423 g/mol. The Balaban J connectivity index is 1.59. The number of nitrogens with zero attached hydrogens (tertiary/aromatic N) is 3. The van der Waals surface area contributed by atoms with E-state index in [0.717, 1.165) is 16.4 Å². The Hall–Kier alpha value is -2.12. The fourth-order valence-electron chi connectivity index (χ4n) is 3.97. The number of piperidine rings is 1. The molecule has 1 aromatic heterocycles. The van der Waals surface area contributed by atoms with Gasteiger partial charge in [-0.05, 0) is 31.0 Å². The Morgan fingerprint density at radius 2 is 1.90 bits per heavy atom. The van der Waals surface area contributed by atoms with E-state index < -0.39 is 56.7 Å². The second kappa shape index (κ2) is 6.44. The Labute approximate surface area is 161 Å². The van der Waals surface area contributed by atoms with Gasteiger partial charge in [0.05, 0.1) is 11.5 Å². The van der Waals surface area contributed by atoms with Crippen LogP contribution in [0.2, 0.25) is 0 Å². The Kier molecular flexibility index (Phi) is 4.48. The lowest BCUT2D eigenvalue weighted by Crippen LogP contribution is -2.43. The Bertz CT molecular complexity index is 1050. The maximum Gasteiger partial charge on any atom is 0.417 e. The zero-order valence-electron chi connectivity index (χ0n) is 14.7. The van der Waals surface area contributed by atoms with Crippen molar-refractivity contribution >= 4 is 10.2 Å². The maximum atomic E-state index is 14.6. The summed E-state index contributed by atoms with van der Waals surface area (Å²) in [5.74, 6) is -2.52. The van der Waals surface area contributed by atoms with Gasteiger partial charge in [-0.15, -0.1) is 0 Å². The highest BCUT2D eigenvalue weighted by molar-refractivity contribution is 7.86.